The van der Waals surface area contributed by atoms with Crippen LogP contribution in [0.25, 0.3) is 0 Å². The maximum absolute atomic E-state index is 14.2. The lowest BCUT2D eigenvalue weighted by molar-refractivity contribution is 0.0734. The number of nitrogens with one attached hydrogen (secondary N) is 1. The molecule has 0 aliphatic heterocycles. The summed E-state index contributed by atoms with van der Waals surface area (Å²) in [5.74, 6) is -0.979. The van der Waals surface area contributed by atoms with Gasteiger partial charge in [-0.05, 0) is 37.1 Å². The van der Waals surface area contributed by atoms with E-state index in [1.54, 1.807) is 22.4 Å². The maximum atomic E-state index is 14.2. The Bertz CT molecular complexity index is 1060. The molecule has 176 valence electrons. The first-order chi connectivity index (χ1) is 16.0. The van der Waals surface area contributed by atoms with Crippen LogP contribution in [0, 0.1) is 5.82 Å². The van der Waals surface area contributed by atoms with Gasteiger partial charge in [-0.1, -0.05) is 38.8 Å². The third kappa shape index (κ3) is 6.74. The number of hydrogen-bond donors (Lipinski definition) is 1. The van der Waals surface area contributed by atoms with Crippen LogP contribution >= 0.6 is 11.3 Å². The van der Waals surface area contributed by atoms with Crippen molar-refractivity contribution in [2.24, 2.45) is 0 Å². The normalized spacial score (nSPS) is 10.9. The molecule has 0 saturated carbocycles. The fourth-order valence-corrected chi connectivity index (χ4v) is 4.34. The van der Waals surface area contributed by atoms with Crippen molar-refractivity contribution in [2.75, 3.05) is 13.1 Å². The molecule has 6 nitrogen and oxygen atoms in total. The maximum Gasteiger partial charge on any atom is 0.270 e. The lowest BCUT2D eigenvalue weighted by atomic mass is 10.1. The van der Waals surface area contributed by atoms with Gasteiger partial charge in [0.25, 0.3) is 11.8 Å². The van der Waals surface area contributed by atoms with Crippen LogP contribution in [-0.4, -0.2) is 39.4 Å². The Kier molecular flexibility index (Phi) is 9.18. The van der Waals surface area contributed by atoms with Crippen LogP contribution in [0.2, 0.25) is 0 Å². The molecule has 1 aromatic carbocycles. The molecule has 0 radical (unpaired) electrons. The fraction of sp³-hybridized carbons (Fsp3) is 0.400. The van der Waals surface area contributed by atoms with E-state index in [1.165, 1.54) is 23.5 Å². The van der Waals surface area contributed by atoms with Crippen molar-refractivity contribution < 1.29 is 14.0 Å². The Morgan fingerprint density at radius 1 is 1.12 bits per heavy atom. The first-order valence-corrected chi connectivity index (χ1v) is 12.3. The molecule has 3 rings (SSSR count). The van der Waals surface area contributed by atoms with Crippen molar-refractivity contribution in [1.29, 1.82) is 0 Å². The van der Waals surface area contributed by atoms with Crippen LogP contribution in [0.4, 0.5) is 4.39 Å². The second-order valence-electron chi connectivity index (χ2n) is 7.92. The van der Waals surface area contributed by atoms with Gasteiger partial charge in [-0.2, -0.15) is 0 Å². The van der Waals surface area contributed by atoms with E-state index in [0.29, 0.717) is 31.9 Å². The molecule has 2 aromatic heterocycles. The molecule has 0 fully saturated rings. The van der Waals surface area contributed by atoms with Gasteiger partial charge in [-0.3, -0.25) is 9.59 Å². The summed E-state index contributed by atoms with van der Waals surface area (Å²) in [6, 6.07) is 9.94. The summed E-state index contributed by atoms with van der Waals surface area (Å²) >= 11 is 1.44. The minimum absolute atomic E-state index is 0.0820. The van der Waals surface area contributed by atoms with Gasteiger partial charge in [0.15, 0.2) is 0 Å². The highest BCUT2D eigenvalue weighted by atomic mass is 32.1. The van der Waals surface area contributed by atoms with Crippen LogP contribution < -0.4 is 5.32 Å². The molecule has 0 unspecified atom stereocenters. The molecule has 1 N–H and O–H groups in total. The van der Waals surface area contributed by atoms with E-state index in [9.17, 15) is 14.0 Å². The third-order valence-corrected chi connectivity index (χ3v) is 6.15. The summed E-state index contributed by atoms with van der Waals surface area (Å²) in [6.45, 7) is 6.17. The van der Waals surface area contributed by atoms with Crippen LogP contribution in [0.5, 0.6) is 0 Å². The van der Waals surface area contributed by atoms with Gasteiger partial charge < -0.3 is 14.8 Å². The first-order valence-electron chi connectivity index (χ1n) is 11.4. The lowest BCUT2D eigenvalue weighted by Gasteiger charge is -2.23. The Morgan fingerprint density at radius 2 is 1.94 bits per heavy atom. The highest BCUT2D eigenvalue weighted by Gasteiger charge is 2.20. The molecule has 0 aliphatic rings. The van der Waals surface area contributed by atoms with Crippen LogP contribution in [0.1, 0.15) is 71.1 Å². The van der Waals surface area contributed by atoms with E-state index in [-0.39, 0.29) is 17.4 Å². The second kappa shape index (κ2) is 12.3. The molecule has 0 aliphatic carbocycles. The number of carbonyl (C=O) groups excluding carboxylic acids is 2. The average molecular weight is 471 g/mol. The number of nitrogens with zero attached hydrogens (tertiary/aromatic N) is 3. The minimum Gasteiger partial charge on any atom is -0.351 e. The van der Waals surface area contributed by atoms with Crippen molar-refractivity contribution in [1.82, 2.24) is 19.8 Å². The number of rotatable bonds is 12. The molecule has 0 bridgehead atoms. The summed E-state index contributed by atoms with van der Waals surface area (Å²) in [5.41, 5.74) is 1.44. The second-order valence-corrected chi connectivity index (χ2v) is 8.87. The van der Waals surface area contributed by atoms with Crippen molar-refractivity contribution in [3.05, 3.63) is 75.8 Å². The highest BCUT2D eigenvalue weighted by Crippen LogP contribution is 2.17. The molecule has 8 heteroatoms. The average Bonchev–Trinajstić information content (AvgIpc) is 3.46. The van der Waals surface area contributed by atoms with E-state index >= 15 is 0 Å². The number of carbonyl (C=O) groups is 2. The quantitative estimate of drug-likeness (QED) is 0.374. The molecule has 2 amide bonds. The van der Waals surface area contributed by atoms with Gasteiger partial charge in [0.2, 0.25) is 0 Å². The van der Waals surface area contributed by atoms with E-state index in [1.807, 2.05) is 29.8 Å². The first kappa shape index (κ1) is 24.6. The molecule has 3 aromatic rings. The van der Waals surface area contributed by atoms with Crippen LogP contribution in [0.15, 0.2) is 48.0 Å². The van der Waals surface area contributed by atoms with Gasteiger partial charge in [-0.25, -0.2) is 9.37 Å². The summed E-state index contributed by atoms with van der Waals surface area (Å²) in [7, 11) is 0. The van der Waals surface area contributed by atoms with Crippen LogP contribution in [0.3, 0.4) is 0 Å². The summed E-state index contributed by atoms with van der Waals surface area (Å²) in [6.07, 6.45) is 5.86. The SMILES string of the molecule is CCCCCNC(=O)c1csc(Cn2cccc2CN(CCC)C(=O)c2ccccc2F)n1. The largest absolute Gasteiger partial charge is 0.351 e. The molecular weight excluding hydrogens is 439 g/mol. The third-order valence-electron chi connectivity index (χ3n) is 5.32. The number of unbranched alkanes of at least 4 members (excludes halogenated alkanes) is 2. The molecule has 0 atom stereocenters. The van der Waals surface area contributed by atoms with Crippen LogP contribution in [-0.2, 0) is 13.1 Å². The van der Waals surface area contributed by atoms with E-state index in [2.05, 4.69) is 17.2 Å². The lowest BCUT2D eigenvalue weighted by Crippen LogP contribution is -2.32. The van der Waals surface area contributed by atoms with Gasteiger partial charge in [0, 0.05) is 30.4 Å². The summed E-state index contributed by atoms with van der Waals surface area (Å²) < 4.78 is 16.2. The molecule has 33 heavy (non-hydrogen) atoms. The number of hydrogen-bond acceptors (Lipinski definition) is 4. The standard InChI is InChI=1S/C25H31FN4O2S/c1-3-5-8-13-27-24(31)22-18-33-23(28-22)17-29-15-9-10-19(29)16-30(14-4-2)25(32)20-11-6-7-12-21(20)26/h6-7,9-12,15,18H,3-5,8,13-14,16-17H2,1-2H3,(H,27,31). The fourth-order valence-electron chi connectivity index (χ4n) is 3.57. The topological polar surface area (TPSA) is 67.2 Å². The highest BCUT2D eigenvalue weighted by molar-refractivity contribution is 7.09. The Balaban J connectivity index is 1.67. The number of thiazole rings is 1. The van der Waals surface area contributed by atoms with E-state index < -0.39 is 5.82 Å². The molecule has 2 heterocycles. The number of halogens is 1. The molecule has 0 spiro atoms. The zero-order valence-electron chi connectivity index (χ0n) is 19.2. The summed E-state index contributed by atoms with van der Waals surface area (Å²) in [4.78, 5) is 31.4. The van der Waals surface area contributed by atoms with Crippen molar-refractivity contribution in [2.45, 2.75) is 52.6 Å². The Labute approximate surface area is 198 Å². The zero-order valence-corrected chi connectivity index (χ0v) is 20.0. The summed E-state index contributed by atoms with van der Waals surface area (Å²) in [5, 5.41) is 5.50. The van der Waals surface area contributed by atoms with E-state index in [0.717, 1.165) is 36.4 Å². The minimum atomic E-state index is -0.512. The van der Waals surface area contributed by atoms with Gasteiger partial charge in [0.05, 0.1) is 18.7 Å². The smallest absolute Gasteiger partial charge is 0.270 e. The monoisotopic (exact) mass is 470 g/mol. The van der Waals surface area contributed by atoms with Crippen molar-refractivity contribution >= 4 is 23.2 Å². The van der Waals surface area contributed by atoms with Gasteiger partial charge in [0.1, 0.15) is 16.5 Å². The Hall–Kier alpha value is -3.00. The molecule has 0 saturated heterocycles. The predicted molar refractivity (Wildman–Crippen MR) is 129 cm³/mol. The van der Waals surface area contributed by atoms with Crippen molar-refractivity contribution in [3.63, 3.8) is 0 Å². The van der Waals surface area contributed by atoms with E-state index in [4.69, 9.17) is 0 Å². The predicted octanol–water partition coefficient (Wildman–Crippen LogP) is 5.10. The number of benzene rings is 1. The number of amides is 2. The zero-order chi connectivity index (χ0) is 23.6. The molecular formula is C25H31FN4O2S. The van der Waals surface area contributed by atoms with Gasteiger partial charge in [-0.15, -0.1) is 11.3 Å². The number of aromatic nitrogens is 2. The van der Waals surface area contributed by atoms with Crippen molar-refractivity contribution in [3.8, 4) is 0 Å². The Morgan fingerprint density at radius 3 is 2.70 bits per heavy atom. The van der Waals surface area contributed by atoms with Gasteiger partial charge >= 0.3 is 0 Å².